The molecule has 9 heteroatoms. The van der Waals surface area contributed by atoms with Crippen molar-refractivity contribution in [2.45, 2.75) is 20.8 Å². The van der Waals surface area contributed by atoms with Crippen LogP contribution in [0.3, 0.4) is 0 Å². The van der Waals surface area contributed by atoms with E-state index >= 15 is 0 Å². The largest absolute Gasteiger partial charge is 0.378 e. The molecule has 0 spiro atoms. The number of hydrogen-bond donors (Lipinski definition) is 0. The second kappa shape index (κ2) is 8.61. The van der Waals surface area contributed by atoms with Crippen LogP contribution in [-0.2, 0) is 9.53 Å². The Morgan fingerprint density at radius 1 is 0.967 bits per heavy atom. The van der Waals surface area contributed by atoms with Crippen molar-refractivity contribution in [2.24, 2.45) is 0 Å². The smallest absolute Gasteiger partial charge is 0.255 e. The highest BCUT2D eigenvalue weighted by Gasteiger charge is 2.27. The third-order valence-electron chi connectivity index (χ3n) is 5.89. The van der Waals surface area contributed by atoms with Crippen molar-refractivity contribution in [1.82, 2.24) is 24.4 Å². The van der Waals surface area contributed by atoms with E-state index in [2.05, 4.69) is 10.1 Å². The molecule has 162 valence electrons. The van der Waals surface area contributed by atoms with Gasteiger partial charge in [0.1, 0.15) is 5.76 Å². The molecule has 2 aromatic rings. The van der Waals surface area contributed by atoms with Crippen LogP contribution in [0.25, 0.3) is 5.82 Å². The summed E-state index contributed by atoms with van der Waals surface area (Å²) in [5.74, 6) is 1.58. The molecule has 0 aliphatic carbocycles. The summed E-state index contributed by atoms with van der Waals surface area (Å²) in [4.78, 5) is 31.5. The van der Waals surface area contributed by atoms with Crippen molar-refractivity contribution in [3.8, 4) is 5.82 Å². The number of piperazine rings is 1. The number of carbonyl (C=O) groups is 2. The van der Waals surface area contributed by atoms with Crippen LogP contribution in [0.1, 0.15) is 27.5 Å². The fourth-order valence-corrected chi connectivity index (χ4v) is 4.17. The molecule has 2 fully saturated rings. The van der Waals surface area contributed by atoms with Crippen molar-refractivity contribution in [2.75, 3.05) is 59.0 Å². The van der Waals surface area contributed by atoms with E-state index in [0.717, 1.165) is 17.1 Å². The van der Waals surface area contributed by atoms with E-state index in [1.54, 1.807) is 0 Å². The number of aromatic nitrogens is 2. The normalized spacial score (nSPS) is 18.1. The lowest BCUT2D eigenvalue weighted by Gasteiger charge is -2.36. The van der Waals surface area contributed by atoms with Gasteiger partial charge in [-0.25, -0.2) is 0 Å². The lowest BCUT2D eigenvalue weighted by molar-refractivity contribution is -0.136. The molecule has 2 amide bonds. The minimum absolute atomic E-state index is 0.0220. The molecule has 0 saturated carbocycles. The third kappa shape index (κ3) is 4.13. The Labute approximate surface area is 176 Å². The van der Waals surface area contributed by atoms with Gasteiger partial charge in [0.2, 0.25) is 5.91 Å². The molecular formula is C21H29N5O4. The highest BCUT2D eigenvalue weighted by atomic mass is 16.5. The van der Waals surface area contributed by atoms with Crippen LogP contribution in [-0.4, -0.2) is 95.3 Å². The van der Waals surface area contributed by atoms with E-state index < -0.39 is 0 Å². The fraction of sp³-hybridized carbons (Fsp3) is 0.571. The topological polar surface area (TPSA) is 84.1 Å². The van der Waals surface area contributed by atoms with Gasteiger partial charge in [0.15, 0.2) is 5.82 Å². The van der Waals surface area contributed by atoms with Crippen molar-refractivity contribution >= 4 is 11.8 Å². The highest BCUT2D eigenvalue weighted by Crippen LogP contribution is 2.22. The first kappa shape index (κ1) is 20.6. The number of aryl methyl sites for hydroxylation is 2. The average molecular weight is 415 g/mol. The molecule has 2 aliphatic heterocycles. The lowest BCUT2D eigenvalue weighted by atomic mass is 10.2. The van der Waals surface area contributed by atoms with Gasteiger partial charge in [0.25, 0.3) is 5.91 Å². The van der Waals surface area contributed by atoms with Gasteiger partial charge in [-0.2, -0.15) is 0 Å². The van der Waals surface area contributed by atoms with E-state index in [4.69, 9.17) is 9.26 Å². The minimum Gasteiger partial charge on any atom is -0.378 e. The summed E-state index contributed by atoms with van der Waals surface area (Å²) in [6, 6.07) is 3.77. The molecule has 0 radical (unpaired) electrons. The number of morpholine rings is 1. The second-order valence-corrected chi connectivity index (χ2v) is 7.98. The first-order valence-corrected chi connectivity index (χ1v) is 10.4. The zero-order chi connectivity index (χ0) is 21.3. The molecule has 4 rings (SSSR count). The summed E-state index contributed by atoms with van der Waals surface area (Å²) in [5, 5.41) is 4.08. The van der Waals surface area contributed by atoms with Crippen LogP contribution in [0.2, 0.25) is 0 Å². The molecule has 2 aliphatic rings. The summed E-state index contributed by atoms with van der Waals surface area (Å²) in [6.07, 6.45) is 0. The Morgan fingerprint density at radius 3 is 2.30 bits per heavy atom. The summed E-state index contributed by atoms with van der Waals surface area (Å²) in [6.45, 7) is 11.3. The van der Waals surface area contributed by atoms with Gasteiger partial charge in [-0.05, 0) is 26.8 Å². The summed E-state index contributed by atoms with van der Waals surface area (Å²) in [5.41, 5.74) is 2.49. The third-order valence-corrected chi connectivity index (χ3v) is 5.89. The number of ether oxygens (including phenoxy) is 1. The minimum atomic E-state index is 0.0220. The Bertz CT molecular complexity index is 920. The van der Waals surface area contributed by atoms with Crippen LogP contribution in [0.4, 0.5) is 0 Å². The number of carbonyl (C=O) groups excluding carboxylic acids is 2. The molecule has 9 nitrogen and oxygen atoms in total. The van der Waals surface area contributed by atoms with Gasteiger partial charge in [0, 0.05) is 56.7 Å². The van der Waals surface area contributed by atoms with Crippen LogP contribution < -0.4 is 0 Å². The standard InChI is InChI=1S/C21H29N5O4/c1-15-12-18(17(3)26(15)19-13-16(2)30-22-19)21(28)25-6-4-23(5-7-25)14-20(27)24-8-10-29-11-9-24/h12-13H,4-11,14H2,1-3H3. The van der Waals surface area contributed by atoms with Crippen molar-refractivity contribution in [1.29, 1.82) is 0 Å². The number of rotatable bonds is 4. The molecule has 30 heavy (non-hydrogen) atoms. The van der Waals surface area contributed by atoms with Crippen molar-refractivity contribution in [3.05, 3.63) is 34.8 Å². The van der Waals surface area contributed by atoms with Gasteiger partial charge in [0.05, 0.1) is 25.3 Å². The monoisotopic (exact) mass is 415 g/mol. The molecule has 0 aromatic carbocycles. The van der Waals surface area contributed by atoms with Gasteiger partial charge in [-0.1, -0.05) is 5.16 Å². The Hall–Kier alpha value is -2.65. The Morgan fingerprint density at radius 2 is 1.67 bits per heavy atom. The number of amides is 2. The maximum atomic E-state index is 13.2. The maximum Gasteiger partial charge on any atom is 0.255 e. The molecule has 0 atom stereocenters. The highest BCUT2D eigenvalue weighted by molar-refractivity contribution is 5.96. The predicted octanol–water partition coefficient (Wildman–Crippen LogP) is 1.01. The molecule has 0 bridgehead atoms. The van der Waals surface area contributed by atoms with Crippen LogP contribution in [0, 0.1) is 20.8 Å². The number of nitrogens with zero attached hydrogens (tertiary/aromatic N) is 5. The summed E-state index contributed by atoms with van der Waals surface area (Å²) in [7, 11) is 0. The summed E-state index contributed by atoms with van der Waals surface area (Å²) >= 11 is 0. The van der Waals surface area contributed by atoms with Gasteiger partial charge >= 0.3 is 0 Å². The summed E-state index contributed by atoms with van der Waals surface area (Å²) < 4.78 is 12.4. The lowest BCUT2D eigenvalue weighted by Crippen LogP contribution is -2.52. The molecule has 2 aromatic heterocycles. The number of hydrogen-bond acceptors (Lipinski definition) is 6. The van der Waals surface area contributed by atoms with Crippen LogP contribution in [0.15, 0.2) is 16.7 Å². The Kier molecular flexibility index (Phi) is 5.92. The van der Waals surface area contributed by atoms with Gasteiger partial charge < -0.3 is 19.1 Å². The van der Waals surface area contributed by atoms with Crippen molar-refractivity contribution < 1.29 is 18.8 Å². The van der Waals surface area contributed by atoms with Crippen LogP contribution in [0.5, 0.6) is 0 Å². The SMILES string of the molecule is Cc1cc(-n2c(C)cc(C(=O)N3CCN(CC(=O)N4CCOCC4)CC3)c2C)no1. The first-order valence-electron chi connectivity index (χ1n) is 10.4. The Balaban J connectivity index is 1.37. The molecule has 4 heterocycles. The zero-order valence-corrected chi connectivity index (χ0v) is 17.9. The fourth-order valence-electron chi connectivity index (χ4n) is 4.17. The van der Waals surface area contributed by atoms with E-state index in [1.165, 1.54) is 0 Å². The zero-order valence-electron chi connectivity index (χ0n) is 17.9. The first-order chi connectivity index (χ1) is 14.4. The molecular weight excluding hydrogens is 386 g/mol. The maximum absolute atomic E-state index is 13.2. The van der Waals surface area contributed by atoms with E-state index in [1.807, 2.05) is 47.3 Å². The molecule has 0 unspecified atom stereocenters. The van der Waals surface area contributed by atoms with E-state index in [0.29, 0.717) is 70.4 Å². The predicted molar refractivity (Wildman–Crippen MR) is 110 cm³/mol. The molecule has 0 N–H and O–H groups in total. The quantitative estimate of drug-likeness (QED) is 0.741. The van der Waals surface area contributed by atoms with E-state index in [-0.39, 0.29) is 11.8 Å². The van der Waals surface area contributed by atoms with Gasteiger partial charge in [-0.15, -0.1) is 0 Å². The molecule has 2 saturated heterocycles. The van der Waals surface area contributed by atoms with Crippen LogP contribution >= 0.6 is 0 Å². The van der Waals surface area contributed by atoms with E-state index in [9.17, 15) is 9.59 Å². The van der Waals surface area contributed by atoms with Crippen molar-refractivity contribution in [3.63, 3.8) is 0 Å². The second-order valence-electron chi connectivity index (χ2n) is 7.98. The average Bonchev–Trinajstić information content (AvgIpc) is 3.30. The van der Waals surface area contributed by atoms with Gasteiger partial charge in [-0.3, -0.25) is 19.1 Å².